The molecule has 262 valence electrons. The van der Waals surface area contributed by atoms with Gasteiger partial charge in [-0.05, 0) is 85.0 Å². The number of hydrogen-bond donors (Lipinski definition) is 3. The van der Waals surface area contributed by atoms with Crippen molar-refractivity contribution in [3.63, 3.8) is 0 Å². The molecule has 1 aliphatic heterocycles. The highest BCUT2D eigenvalue weighted by Gasteiger charge is 2.56. The fourth-order valence-electron chi connectivity index (χ4n) is 6.63. The van der Waals surface area contributed by atoms with Crippen LogP contribution in [-0.2, 0) is 23.1 Å². The van der Waals surface area contributed by atoms with E-state index in [9.17, 15) is 42.1 Å². The lowest BCUT2D eigenvalue weighted by molar-refractivity contribution is -0.284. The monoisotopic (exact) mass is 692 g/mol. The first-order valence-electron chi connectivity index (χ1n) is 16.7. The molecule has 3 N–H and O–H groups in total. The molecule has 4 rings (SSSR count). The number of carbonyl (C=O) groups is 1. The Morgan fingerprint density at radius 2 is 1.40 bits per heavy atom. The van der Waals surface area contributed by atoms with Gasteiger partial charge < -0.3 is 15.3 Å². The van der Waals surface area contributed by atoms with Gasteiger partial charge in [0.2, 0.25) is 0 Å². The van der Waals surface area contributed by atoms with Crippen molar-refractivity contribution >= 4 is 17.7 Å². The lowest BCUT2D eigenvalue weighted by atomic mass is 9.72. The Hall–Kier alpha value is -3.27. The summed E-state index contributed by atoms with van der Waals surface area (Å²) in [5.41, 5.74) is 4.55. The molecule has 48 heavy (non-hydrogen) atoms. The number of phenols is 2. The predicted molar refractivity (Wildman–Crippen MR) is 179 cm³/mol. The summed E-state index contributed by atoms with van der Waals surface area (Å²) in [6.07, 6.45) is 0.591. The van der Waals surface area contributed by atoms with Gasteiger partial charge in [-0.1, -0.05) is 87.9 Å². The smallest absolute Gasteiger partial charge is 0.453 e. The number of aliphatic carboxylic acids is 1. The van der Waals surface area contributed by atoms with Crippen LogP contribution in [0.3, 0.4) is 0 Å². The molecular formula is C38H45F5O4S. The van der Waals surface area contributed by atoms with E-state index in [1.165, 1.54) is 16.7 Å². The number of carboxylic acids is 1. The van der Waals surface area contributed by atoms with Gasteiger partial charge in [-0.3, -0.25) is 4.79 Å². The zero-order chi connectivity index (χ0) is 35.0. The van der Waals surface area contributed by atoms with Gasteiger partial charge in [0.25, 0.3) is 0 Å². The summed E-state index contributed by atoms with van der Waals surface area (Å²) in [5.74, 6) is -6.00. The lowest BCUT2D eigenvalue weighted by Gasteiger charge is -2.43. The molecule has 0 aliphatic carbocycles. The molecule has 0 spiro atoms. The van der Waals surface area contributed by atoms with E-state index in [0.717, 1.165) is 55.4 Å². The molecule has 4 nitrogen and oxygen atoms in total. The van der Waals surface area contributed by atoms with Crippen molar-refractivity contribution in [2.45, 2.75) is 118 Å². The predicted octanol–water partition coefficient (Wildman–Crippen LogP) is 11.2. The molecule has 1 unspecified atom stereocenters. The maximum atomic E-state index is 13.1. The Labute approximate surface area is 283 Å². The van der Waals surface area contributed by atoms with Gasteiger partial charge in [-0.25, -0.2) is 0 Å². The zero-order valence-corrected chi connectivity index (χ0v) is 28.1. The Balaban J connectivity index is 1.20. The molecule has 3 aromatic rings. The minimum absolute atomic E-state index is 0.0271. The van der Waals surface area contributed by atoms with E-state index in [2.05, 4.69) is 31.2 Å². The van der Waals surface area contributed by atoms with Gasteiger partial charge in [-0.15, -0.1) is 11.8 Å². The molecule has 3 atom stereocenters. The van der Waals surface area contributed by atoms with Crippen molar-refractivity contribution in [1.82, 2.24) is 0 Å². The summed E-state index contributed by atoms with van der Waals surface area (Å²) in [4.78, 5) is 12.6. The molecule has 0 saturated heterocycles. The number of phenolic OH excluding ortho intramolecular Hbond substituents is 2. The van der Waals surface area contributed by atoms with Crippen LogP contribution in [0.1, 0.15) is 105 Å². The molecule has 1 aliphatic rings. The first-order chi connectivity index (χ1) is 22.7. The molecule has 0 fully saturated rings. The van der Waals surface area contributed by atoms with Crippen molar-refractivity contribution in [3.05, 3.63) is 89.0 Å². The van der Waals surface area contributed by atoms with Crippen molar-refractivity contribution in [2.24, 2.45) is 5.92 Å². The number of fused-ring (bicyclic) bond motifs is 1. The Kier molecular flexibility index (Phi) is 12.8. The third-order valence-electron chi connectivity index (χ3n) is 9.57. The SMILES string of the molecule is C[C@]1(c2ccc(O)cc2)Cc2ccc(O)cc2S[C@H]1c1ccc(CCCCCCCCC(CCCCC(F)(F)C(F)(F)F)C(=O)O)cc1. The van der Waals surface area contributed by atoms with Gasteiger partial charge >= 0.3 is 18.1 Å². The van der Waals surface area contributed by atoms with E-state index in [4.69, 9.17) is 0 Å². The highest BCUT2D eigenvalue weighted by atomic mass is 32.2. The van der Waals surface area contributed by atoms with Gasteiger partial charge in [0.15, 0.2) is 0 Å². The second-order valence-electron chi connectivity index (χ2n) is 13.3. The number of thioether (sulfide) groups is 1. The summed E-state index contributed by atoms with van der Waals surface area (Å²) in [6.45, 7) is 2.26. The van der Waals surface area contributed by atoms with Crippen LogP contribution in [0.25, 0.3) is 0 Å². The molecule has 0 saturated carbocycles. The Morgan fingerprint density at radius 3 is 2.02 bits per heavy atom. The Morgan fingerprint density at radius 1 is 0.812 bits per heavy atom. The van der Waals surface area contributed by atoms with Crippen LogP contribution in [0, 0.1) is 5.92 Å². The van der Waals surface area contributed by atoms with E-state index in [0.29, 0.717) is 12.8 Å². The standard InChI is InChI=1S/C38H45F5O4S/c1-36(30-18-21-31(44)22-19-30)25-29-17-20-32(45)24-33(29)48-34(36)27-15-13-26(14-16-27)10-6-4-2-3-5-7-11-28(35(46)47)12-8-9-23-37(39,40)38(41,42)43/h13-22,24,28,34,44-45H,2-12,23,25H2,1H3,(H,46,47)/t28?,34-,36+/m0/s1. The van der Waals surface area contributed by atoms with Crippen LogP contribution >= 0.6 is 11.8 Å². The first kappa shape index (κ1) is 37.5. The number of aromatic hydroxyl groups is 2. The average Bonchev–Trinajstić information content (AvgIpc) is 3.03. The van der Waals surface area contributed by atoms with Crippen LogP contribution in [0.15, 0.2) is 71.6 Å². The first-order valence-corrected chi connectivity index (χ1v) is 17.6. The third kappa shape index (κ3) is 9.89. The average molecular weight is 693 g/mol. The highest BCUT2D eigenvalue weighted by molar-refractivity contribution is 7.99. The van der Waals surface area contributed by atoms with Crippen LogP contribution in [-0.4, -0.2) is 33.4 Å². The number of benzene rings is 3. The van der Waals surface area contributed by atoms with Crippen LogP contribution in [0.2, 0.25) is 0 Å². The maximum Gasteiger partial charge on any atom is 0.453 e. The minimum atomic E-state index is -5.57. The van der Waals surface area contributed by atoms with Crippen molar-refractivity contribution in [3.8, 4) is 11.5 Å². The number of unbranched alkanes of at least 4 members (excludes halogenated alkanes) is 6. The van der Waals surface area contributed by atoms with Gasteiger partial charge in [-0.2, -0.15) is 22.0 Å². The van der Waals surface area contributed by atoms with Crippen molar-refractivity contribution in [1.29, 1.82) is 0 Å². The van der Waals surface area contributed by atoms with Crippen LogP contribution in [0.5, 0.6) is 11.5 Å². The number of halogens is 5. The quantitative estimate of drug-likeness (QED) is 0.0969. The third-order valence-corrected chi connectivity index (χ3v) is 11.2. The second-order valence-corrected chi connectivity index (χ2v) is 14.5. The molecule has 0 aromatic heterocycles. The lowest BCUT2D eigenvalue weighted by Crippen LogP contribution is -2.36. The molecular weight excluding hydrogens is 647 g/mol. The topological polar surface area (TPSA) is 77.8 Å². The van der Waals surface area contributed by atoms with E-state index in [1.54, 1.807) is 30.0 Å². The van der Waals surface area contributed by atoms with E-state index in [1.807, 2.05) is 24.3 Å². The fourth-order valence-corrected chi connectivity index (χ4v) is 8.14. The van der Waals surface area contributed by atoms with Gasteiger partial charge in [0.1, 0.15) is 11.5 Å². The number of carboxylic acid groups (broad SMARTS) is 1. The van der Waals surface area contributed by atoms with Crippen molar-refractivity contribution in [2.75, 3.05) is 0 Å². The Bertz CT molecular complexity index is 1480. The second kappa shape index (κ2) is 16.4. The normalized spacial score (nSPS) is 18.8. The van der Waals surface area contributed by atoms with Crippen LogP contribution < -0.4 is 0 Å². The molecule has 3 aromatic carbocycles. The van der Waals surface area contributed by atoms with E-state index in [-0.39, 0.29) is 41.4 Å². The van der Waals surface area contributed by atoms with E-state index < -0.39 is 30.4 Å². The number of hydrogen-bond acceptors (Lipinski definition) is 4. The van der Waals surface area contributed by atoms with Crippen LogP contribution in [0.4, 0.5) is 22.0 Å². The molecule has 1 heterocycles. The number of rotatable bonds is 17. The molecule has 0 amide bonds. The summed E-state index contributed by atoms with van der Waals surface area (Å²) >= 11 is 1.76. The minimum Gasteiger partial charge on any atom is -0.508 e. The summed E-state index contributed by atoms with van der Waals surface area (Å²) in [7, 11) is 0. The maximum absolute atomic E-state index is 13.1. The van der Waals surface area contributed by atoms with Crippen molar-refractivity contribution < 1.29 is 42.1 Å². The van der Waals surface area contributed by atoms with E-state index >= 15 is 0 Å². The highest BCUT2D eigenvalue weighted by Crippen LogP contribution is 2.56. The summed E-state index contributed by atoms with van der Waals surface area (Å²) in [5, 5.41) is 29.6. The number of alkyl halides is 5. The summed E-state index contributed by atoms with van der Waals surface area (Å²) in [6, 6.07) is 21.8. The zero-order valence-electron chi connectivity index (χ0n) is 27.2. The largest absolute Gasteiger partial charge is 0.508 e. The molecule has 0 radical (unpaired) electrons. The summed E-state index contributed by atoms with van der Waals surface area (Å²) < 4.78 is 63.0. The fraction of sp³-hybridized carbons (Fsp3) is 0.500. The molecule has 0 bridgehead atoms. The number of aryl methyl sites for hydroxylation is 1. The van der Waals surface area contributed by atoms with Gasteiger partial charge in [0.05, 0.1) is 5.92 Å². The molecule has 10 heteroatoms. The van der Waals surface area contributed by atoms with Gasteiger partial charge in [0, 0.05) is 22.0 Å².